The van der Waals surface area contributed by atoms with Crippen LogP contribution in [0.15, 0.2) is 12.2 Å². The molecule has 0 aromatic rings. The van der Waals surface area contributed by atoms with Crippen LogP contribution in [0.2, 0.25) is 0 Å². The Morgan fingerprint density at radius 1 is 1.50 bits per heavy atom. The summed E-state index contributed by atoms with van der Waals surface area (Å²) in [5.74, 6) is 0.0748. The van der Waals surface area contributed by atoms with E-state index < -0.39 is 6.10 Å². The predicted octanol–water partition coefficient (Wildman–Crippen LogP) is 1.51. The first-order valence-corrected chi connectivity index (χ1v) is 5.07. The molecular formula is C11H18O3. The summed E-state index contributed by atoms with van der Waals surface area (Å²) in [6.45, 7) is 2.05. The monoisotopic (exact) mass is 198 g/mol. The number of carbonyl (C=O) groups is 1. The fraction of sp³-hybridized carbons (Fsp3) is 0.727. The predicted molar refractivity (Wildman–Crippen MR) is 53.7 cm³/mol. The Kier molecular flexibility index (Phi) is 4.14. The molecule has 0 amide bonds. The van der Waals surface area contributed by atoms with Crippen molar-refractivity contribution in [1.29, 1.82) is 0 Å². The van der Waals surface area contributed by atoms with Crippen molar-refractivity contribution in [3.63, 3.8) is 0 Å². The minimum atomic E-state index is -0.408. The number of hydrogen-bond donors (Lipinski definition) is 1. The minimum Gasteiger partial charge on any atom is -0.469 e. The van der Waals surface area contributed by atoms with Gasteiger partial charge in [-0.3, -0.25) is 4.79 Å². The average Bonchev–Trinajstić information content (AvgIpc) is 2.15. The zero-order valence-electron chi connectivity index (χ0n) is 8.77. The summed E-state index contributed by atoms with van der Waals surface area (Å²) in [5.41, 5.74) is 0. The van der Waals surface area contributed by atoms with Crippen LogP contribution in [0.1, 0.15) is 26.2 Å². The molecule has 0 saturated carbocycles. The van der Waals surface area contributed by atoms with Gasteiger partial charge >= 0.3 is 5.97 Å². The molecule has 0 fully saturated rings. The van der Waals surface area contributed by atoms with Gasteiger partial charge in [-0.1, -0.05) is 19.1 Å². The summed E-state index contributed by atoms with van der Waals surface area (Å²) in [6.07, 6.45) is 5.53. The van der Waals surface area contributed by atoms with Crippen LogP contribution >= 0.6 is 0 Å². The number of aliphatic hydroxyl groups is 1. The molecular weight excluding hydrogens is 180 g/mol. The van der Waals surface area contributed by atoms with Crippen LogP contribution in [-0.2, 0) is 9.53 Å². The standard InChI is InChI=1S/C11H18O3/c1-8-4-3-5-9(12)6-7-10(8)11(13)14-2/h3,5,8-10,12H,4,6-7H2,1-2H3/b5-3-/t8-,9-,10-/m0/s1. The summed E-state index contributed by atoms with van der Waals surface area (Å²) in [4.78, 5) is 11.4. The quantitative estimate of drug-likeness (QED) is 0.513. The molecule has 0 aliphatic heterocycles. The van der Waals surface area contributed by atoms with Gasteiger partial charge in [0.25, 0.3) is 0 Å². The van der Waals surface area contributed by atoms with Gasteiger partial charge in [0.15, 0.2) is 0 Å². The Labute approximate surface area is 84.8 Å². The lowest BCUT2D eigenvalue weighted by Crippen LogP contribution is -2.25. The average molecular weight is 198 g/mol. The lowest BCUT2D eigenvalue weighted by atomic mass is 9.84. The van der Waals surface area contributed by atoms with Crippen LogP contribution in [0.5, 0.6) is 0 Å². The number of ether oxygens (including phenoxy) is 1. The Morgan fingerprint density at radius 3 is 2.86 bits per heavy atom. The van der Waals surface area contributed by atoms with E-state index in [2.05, 4.69) is 0 Å². The van der Waals surface area contributed by atoms with Gasteiger partial charge < -0.3 is 9.84 Å². The van der Waals surface area contributed by atoms with Gasteiger partial charge in [-0.2, -0.15) is 0 Å². The molecule has 1 rings (SSSR count). The molecule has 1 N–H and O–H groups in total. The van der Waals surface area contributed by atoms with Gasteiger partial charge in [-0.15, -0.1) is 0 Å². The van der Waals surface area contributed by atoms with Crippen LogP contribution < -0.4 is 0 Å². The first-order valence-electron chi connectivity index (χ1n) is 5.07. The number of rotatable bonds is 1. The molecule has 80 valence electrons. The summed E-state index contributed by atoms with van der Waals surface area (Å²) < 4.78 is 4.75. The molecule has 3 atom stereocenters. The lowest BCUT2D eigenvalue weighted by molar-refractivity contribution is -0.147. The summed E-state index contributed by atoms with van der Waals surface area (Å²) in [7, 11) is 1.42. The van der Waals surface area contributed by atoms with E-state index in [4.69, 9.17) is 4.74 Å². The molecule has 0 bridgehead atoms. The maximum atomic E-state index is 11.4. The number of esters is 1. The Balaban J connectivity index is 2.65. The van der Waals surface area contributed by atoms with Crippen molar-refractivity contribution < 1.29 is 14.6 Å². The number of hydrogen-bond acceptors (Lipinski definition) is 3. The third kappa shape index (κ3) is 2.84. The second-order valence-electron chi connectivity index (χ2n) is 3.92. The largest absolute Gasteiger partial charge is 0.469 e. The van der Waals surface area contributed by atoms with Crippen LogP contribution in [0.4, 0.5) is 0 Å². The number of carbonyl (C=O) groups excluding carboxylic acids is 1. The molecule has 3 heteroatoms. The molecule has 0 heterocycles. The van der Waals surface area contributed by atoms with Gasteiger partial charge in [-0.25, -0.2) is 0 Å². The molecule has 0 radical (unpaired) electrons. The highest BCUT2D eigenvalue weighted by Crippen LogP contribution is 2.25. The molecule has 14 heavy (non-hydrogen) atoms. The van der Waals surface area contributed by atoms with Crippen molar-refractivity contribution in [2.45, 2.75) is 32.3 Å². The highest BCUT2D eigenvalue weighted by Gasteiger charge is 2.26. The van der Waals surface area contributed by atoms with E-state index >= 15 is 0 Å². The third-order valence-electron chi connectivity index (χ3n) is 2.83. The van der Waals surface area contributed by atoms with E-state index in [-0.39, 0.29) is 11.9 Å². The number of allylic oxidation sites excluding steroid dienone is 1. The first-order chi connectivity index (χ1) is 6.65. The van der Waals surface area contributed by atoms with Gasteiger partial charge in [0.05, 0.1) is 19.1 Å². The number of methoxy groups -OCH3 is 1. The minimum absolute atomic E-state index is 0.0698. The van der Waals surface area contributed by atoms with Crippen molar-refractivity contribution in [1.82, 2.24) is 0 Å². The van der Waals surface area contributed by atoms with Crippen molar-refractivity contribution >= 4 is 5.97 Å². The Bertz CT molecular complexity index is 223. The highest BCUT2D eigenvalue weighted by atomic mass is 16.5. The maximum Gasteiger partial charge on any atom is 0.308 e. The lowest BCUT2D eigenvalue weighted by Gasteiger charge is -2.23. The van der Waals surface area contributed by atoms with Gasteiger partial charge in [-0.05, 0) is 25.2 Å². The van der Waals surface area contributed by atoms with Gasteiger partial charge in [0, 0.05) is 0 Å². The normalized spacial score (nSPS) is 35.5. The third-order valence-corrected chi connectivity index (χ3v) is 2.83. The van der Waals surface area contributed by atoms with E-state index in [0.29, 0.717) is 18.8 Å². The summed E-state index contributed by atoms with van der Waals surface area (Å²) >= 11 is 0. The van der Waals surface area contributed by atoms with Crippen LogP contribution in [-0.4, -0.2) is 24.3 Å². The molecule has 0 saturated heterocycles. The van der Waals surface area contributed by atoms with Crippen LogP contribution in [0.25, 0.3) is 0 Å². The van der Waals surface area contributed by atoms with Gasteiger partial charge in [0.1, 0.15) is 0 Å². The van der Waals surface area contributed by atoms with E-state index in [1.54, 1.807) is 0 Å². The van der Waals surface area contributed by atoms with Crippen molar-refractivity contribution in [2.75, 3.05) is 7.11 Å². The highest BCUT2D eigenvalue weighted by molar-refractivity contribution is 5.72. The molecule has 0 aromatic carbocycles. The Morgan fingerprint density at radius 2 is 2.21 bits per heavy atom. The molecule has 0 aromatic heterocycles. The molecule has 0 unspecified atom stereocenters. The first kappa shape index (κ1) is 11.2. The molecule has 1 aliphatic rings. The second kappa shape index (κ2) is 5.15. The fourth-order valence-electron chi connectivity index (χ4n) is 1.85. The molecule has 3 nitrogen and oxygen atoms in total. The van der Waals surface area contributed by atoms with Crippen molar-refractivity contribution in [3.8, 4) is 0 Å². The van der Waals surface area contributed by atoms with Crippen LogP contribution in [0.3, 0.4) is 0 Å². The smallest absolute Gasteiger partial charge is 0.308 e. The van der Waals surface area contributed by atoms with E-state index in [0.717, 1.165) is 6.42 Å². The second-order valence-corrected chi connectivity index (χ2v) is 3.92. The van der Waals surface area contributed by atoms with E-state index in [1.165, 1.54) is 7.11 Å². The van der Waals surface area contributed by atoms with Crippen molar-refractivity contribution in [3.05, 3.63) is 12.2 Å². The summed E-state index contributed by atoms with van der Waals surface area (Å²) in [6, 6.07) is 0. The van der Waals surface area contributed by atoms with E-state index in [9.17, 15) is 9.90 Å². The molecule has 1 aliphatic carbocycles. The van der Waals surface area contributed by atoms with Gasteiger partial charge in [0.2, 0.25) is 0 Å². The SMILES string of the molecule is COC(=O)[C@H]1CC[C@@H](O)/C=C\C[C@@H]1C. The number of aliphatic hydroxyl groups excluding tert-OH is 1. The molecule has 0 spiro atoms. The van der Waals surface area contributed by atoms with Crippen LogP contribution in [0, 0.1) is 11.8 Å². The topological polar surface area (TPSA) is 46.5 Å². The maximum absolute atomic E-state index is 11.4. The zero-order chi connectivity index (χ0) is 10.6. The Hall–Kier alpha value is -0.830. The van der Waals surface area contributed by atoms with E-state index in [1.807, 2.05) is 19.1 Å². The zero-order valence-corrected chi connectivity index (χ0v) is 8.77. The fourth-order valence-corrected chi connectivity index (χ4v) is 1.85. The van der Waals surface area contributed by atoms with Crippen molar-refractivity contribution in [2.24, 2.45) is 11.8 Å². The summed E-state index contributed by atoms with van der Waals surface area (Å²) in [5, 5.41) is 9.43.